The minimum absolute atomic E-state index is 0.305. The Morgan fingerprint density at radius 2 is 2.24 bits per heavy atom. The summed E-state index contributed by atoms with van der Waals surface area (Å²) in [6.45, 7) is 8.32. The van der Waals surface area contributed by atoms with Gasteiger partial charge in [0.05, 0.1) is 0 Å². The first-order chi connectivity index (χ1) is 8.26. The molecule has 3 unspecified atom stereocenters. The van der Waals surface area contributed by atoms with Crippen LogP contribution in [0.15, 0.2) is 0 Å². The summed E-state index contributed by atoms with van der Waals surface area (Å²) in [5.74, 6) is 1.29. The molecule has 3 saturated heterocycles. The van der Waals surface area contributed by atoms with Crippen LogP contribution in [0.2, 0.25) is 0 Å². The van der Waals surface area contributed by atoms with Gasteiger partial charge in [0.1, 0.15) is 0 Å². The van der Waals surface area contributed by atoms with Crippen LogP contribution in [-0.4, -0.2) is 65.1 Å². The number of rotatable bonds is 2. The number of thioether (sulfide) groups is 1. The normalized spacial score (nSPS) is 44.1. The topological polar surface area (TPSA) is 32.5 Å². The van der Waals surface area contributed by atoms with Gasteiger partial charge in [-0.25, -0.2) is 0 Å². The zero-order valence-corrected chi connectivity index (χ0v) is 11.7. The Morgan fingerprint density at radius 3 is 2.94 bits per heavy atom. The van der Waals surface area contributed by atoms with E-state index in [4.69, 9.17) is 5.73 Å². The van der Waals surface area contributed by atoms with Gasteiger partial charge in [-0.05, 0) is 31.6 Å². The first kappa shape index (κ1) is 12.3. The highest BCUT2D eigenvalue weighted by Gasteiger charge is 2.47. The third-order valence-electron chi connectivity index (χ3n) is 5.23. The van der Waals surface area contributed by atoms with Gasteiger partial charge < -0.3 is 5.73 Å². The lowest BCUT2D eigenvalue weighted by Crippen LogP contribution is -2.64. The molecule has 4 heteroatoms. The van der Waals surface area contributed by atoms with Crippen molar-refractivity contribution >= 4 is 11.8 Å². The predicted molar refractivity (Wildman–Crippen MR) is 74.5 cm³/mol. The summed E-state index contributed by atoms with van der Waals surface area (Å²) in [7, 11) is 0. The molecule has 2 N–H and O–H groups in total. The zero-order valence-electron chi connectivity index (χ0n) is 10.9. The monoisotopic (exact) mass is 255 g/mol. The number of nitrogens with zero attached hydrogens (tertiary/aromatic N) is 2. The molecule has 3 heterocycles. The van der Waals surface area contributed by atoms with Crippen molar-refractivity contribution < 1.29 is 0 Å². The van der Waals surface area contributed by atoms with Crippen LogP contribution in [0.3, 0.4) is 0 Å². The highest BCUT2D eigenvalue weighted by Crippen LogP contribution is 2.41. The summed E-state index contributed by atoms with van der Waals surface area (Å²) in [5.41, 5.74) is 6.46. The van der Waals surface area contributed by atoms with Gasteiger partial charge in [0.15, 0.2) is 0 Å². The Balaban J connectivity index is 1.74. The molecule has 0 aromatic rings. The molecule has 0 aromatic heterocycles. The fourth-order valence-electron chi connectivity index (χ4n) is 3.98. The lowest BCUT2D eigenvalue weighted by atomic mass is 9.89. The molecule has 3 aliphatic rings. The minimum atomic E-state index is 0.305. The van der Waals surface area contributed by atoms with Gasteiger partial charge >= 0.3 is 0 Å². The van der Waals surface area contributed by atoms with E-state index >= 15 is 0 Å². The minimum Gasteiger partial charge on any atom is -0.329 e. The Kier molecular flexibility index (Phi) is 3.41. The van der Waals surface area contributed by atoms with E-state index in [1.807, 2.05) is 0 Å². The second kappa shape index (κ2) is 4.72. The Morgan fingerprint density at radius 1 is 1.35 bits per heavy atom. The molecule has 0 aromatic carbocycles. The first-order valence-electron chi connectivity index (χ1n) is 7.07. The lowest BCUT2D eigenvalue weighted by molar-refractivity contribution is 0.0204. The van der Waals surface area contributed by atoms with E-state index in [9.17, 15) is 0 Å². The molecule has 0 aliphatic carbocycles. The first-order valence-corrected chi connectivity index (χ1v) is 8.12. The van der Waals surface area contributed by atoms with Crippen LogP contribution in [0.5, 0.6) is 0 Å². The lowest BCUT2D eigenvalue weighted by Gasteiger charge is -2.49. The Labute approximate surface area is 109 Å². The Hall–Kier alpha value is 0.230. The third-order valence-corrected chi connectivity index (χ3v) is 6.61. The fourth-order valence-corrected chi connectivity index (χ4v) is 5.48. The molecule has 0 bridgehead atoms. The molecule has 0 radical (unpaired) electrons. The van der Waals surface area contributed by atoms with Gasteiger partial charge in [0, 0.05) is 43.0 Å². The summed E-state index contributed by atoms with van der Waals surface area (Å²) < 4.78 is 0. The smallest absolute Gasteiger partial charge is 0.0456 e. The molecule has 3 rings (SSSR count). The molecule has 3 nitrogen and oxygen atoms in total. The van der Waals surface area contributed by atoms with E-state index in [2.05, 4.69) is 28.5 Å². The second-order valence-corrected chi connectivity index (χ2v) is 7.30. The number of hydrogen-bond donors (Lipinski definition) is 1. The summed E-state index contributed by atoms with van der Waals surface area (Å²) >= 11 is 2.11. The van der Waals surface area contributed by atoms with Crippen LogP contribution in [-0.2, 0) is 0 Å². The zero-order chi connectivity index (χ0) is 11.9. The van der Waals surface area contributed by atoms with Crippen LogP contribution >= 0.6 is 11.8 Å². The van der Waals surface area contributed by atoms with Crippen molar-refractivity contribution in [1.29, 1.82) is 0 Å². The molecule has 17 heavy (non-hydrogen) atoms. The van der Waals surface area contributed by atoms with Crippen LogP contribution in [0.4, 0.5) is 0 Å². The van der Waals surface area contributed by atoms with E-state index in [1.54, 1.807) is 0 Å². The SMILES string of the molecule is CC1SCCC1(CN)N1CCN2CCCC2C1. The average molecular weight is 255 g/mol. The van der Waals surface area contributed by atoms with Crippen molar-refractivity contribution in [3.05, 3.63) is 0 Å². The second-order valence-electron chi connectivity index (χ2n) is 5.85. The van der Waals surface area contributed by atoms with Gasteiger partial charge in [0.2, 0.25) is 0 Å². The van der Waals surface area contributed by atoms with Gasteiger partial charge in [0.25, 0.3) is 0 Å². The molecule has 3 aliphatic heterocycles. The molecular formula is C13H25N3S. The van der Waals surface area contributed by atoms with Gasteiger partial charge in [-0.2, -0.15) is 11.8 Å². The van der Waals surface area contributed by atoms with Crippen molar-refractivity contribution in [3.8, 4) is 0 Å². The molecule has 3 atom stereocenters. The molecule has 0 spiro atoms. The number of nitrogens with two attached hydrogens (primary N) is 1. The van der Waals surface area contributed by atoms with Crippen LogP contribution in [0.25, 0.3) is 0 Å². The highest BCUT2D eigenvalue weighted by molar-refractivity contribution is 8.00. The maximum Gasteiger partial charge on any atom is 0.0456 e. The largest absolute Gasteiger partial charge is 0.329 e. The third kappa shape index (κ3) is 1.93. The van der Waals surface area contributed by atoms with E-state index < -0.39 is 0 Å². The van der Waals surface area contributed by atoms with Crippen molar-refractivity contribution in [2.75, 3.05) is 38.5 Å². The molecule has 0 saturated carbocycles. The van der Waals surface area contributed by atoms with Gasteiger partial charge in [-0.3, -0.25) is 9.80 Å². The Bertz CT molecular complexity index is 286. The van der Waals surface area contributed by atoms with E-state index in [0.717, 1.165) is 12.6 Å². The van der Waals surface area contributed by atoms with Gasteiger partial charge in [-0.1, -0.05) is 6.92 Å². The van der Waals surface area contributed by atoms with Crippen molar-refractivity contribution in [2.24, 2.45) is 5.73 Å². The van der Waals surface area contributed by atoms with Crippen molar-refractivity contribution in [2.45, 2.75) is 43.0 Å². The molecule has 3 fully saturated rings. The molecule has 0 amide bonds. The predicted octanol–water partition coefficient (Wildman–Crippen LogP) is 0.989. The van der Waals surface area contributed by atoms with Crippen LogP contribution in [0, 0.1) is 0 Å². The van der Waals surface area contributed by atoms with E-state index in [-0.39, 0.29) is 0 Å². The van der Waals surface area contributed by atoms with Gasteiger partial charge in [-0.15, -0.1) is 0 Å². The quantitative estimate of drug-likeness (QED) is 0.797. The number of hydrogen-bond acceptors (Lipinski definition) is 4. The molecule has 98 valence electrons. The fraction of sp³-hybridized carbons (Fsp3) is 1.00. The average Bonchev–Trinajstić information content (AvgIpc) is 2.94. The summed E-state index contributed by atoms with van der Waals surface area (Å²) in [6, 6.07) is 0.824. The van der Waals surface area contributed by atoms with E-state index in [1.165, 1.54) is 51.2 Å². The highest BCUT2D eigenvalue weighted by atomic mass is 32.2. The van der Waals surface area contributed by atoms with Crippen molar-refractivity contribution in [3.63, 3.8) is 0 Å². The summed E-state index contributed by atoms with van der Waals surface area (Å²) in [5, 5.41) is 0.709. The molecular weight excluding hydrogens is 230 g/mol. The summed E-state index contributed by atoms with van der Waals surface area (Å²) in [6.07, 6.45) is 4.10. The number of fused-ring (bicyclic) bond motifs is 1. The number of piperazine rings is 1. The maximum atomic E-state index is 6.16. The van der Waals surface area contributed by atoms with E-state index in [0.29, 0.717) is 10.8 Å². The van der Waals surface area contributed by atoms with Crippen LogP contribution in [0.1, 0.15) is 26.2 Å². The standard InChI is InChI=1S/C13H25N3S/c1-11-13(10-14,4-8-17-11)16-7-6-15-5-2-3-12(15)9-16/h11-12H,2-10,14H2,1H3. The van der Waals surface area contributed by atoms with Crippen molar-refractivity contribution in [1.82, 2.24) is 9.80 Å². The van der Waals surface area contributed by atoms with Crippen LogP contribution < -0.4 is 5.73 Å². The maximum absolute atomic E-state index is 6.16. The summed E-state index contributed by atoms with van der Waals surface area (Å²) in [4.78, 5) is 5.43.